The topological polar surface area (TPSA) is 35.2 Å². The van der Waals surface area contributed by atoms with E-state index in [4.69, 9.17) is 33.7 Å². The van der Waals surface area contributed by atoms with Gasteiger partial charge < -0.3 is 10.5 Å². The number of hydrogen-bond acceptors (Lipinski definition) is 2. The summed E-state index contributed by atoms with van der Waals surface area (Å²) in [5.41, 5.74) is 7.13. The molecule has 17 heavy (non-hydrogen) atoms. The smallest absolute Gasteiger partial charge is 0.0808 e. The minimum Gasteiger partial charge on any atom is -0.374 e. The minimum absolute atomic E-state index is 0.0118. The Labute approximate surface area is 112 Å². The van der Waals surface area contributed by atoms with Crippen molar-refractivity contribution in [1.82, 2.24) is 0 Å². The lowest BCUT2D eigenvalue weighted by molar-refractivity contribution is -0.000903. The van der Waals surface area contributed by atoms with Crippen molar-refractivity contribution in [3.63, 3.8) is 0 Å². The molecule has 0 amide bonds. The Morgan fingerprint density at radius 2 is 2.18 bits per heavy atom. The zero-order chi connectivity index (χ0) is 12.5. The molecular weight excluding hydrogens is 257 g/mol. The third kappa shape index (κ3) is 2.94. The van der Waals surface area contributed by atoms with Gasteiger partial charge in [0.1, 0.15) is 0 Å². The molecule has 94 valence electrons. The molecule has 1 aliphatic rings. The van der Waals surface area contributed by atoms with Gasteiger partial charge in [-0.1, -0.05) is 29.3 Å². The average Bonchev–Trinajstić information content (AvgIpc) is 2.72. The van der Waals surface area contributed by atoms with Crippen LogP contribution in [-0.2, 0) is 11.2 Å². The van der Waals surface area contributed by atoms with Crippen molar-refractivity contribution < 1.29 is 4.74 Å². The highest BCUT2D eigenvalue weighted by atomic mass is 35.5. The average molecular weight is 274 g/mol. The van der Waals surface area contributed by atoms with Gasteiger partial charge in [0, 0.05) is 12.6 Å². The maximum atomic E-state index is 6.23. The summed E-state index contributed by atoms with van der Waals surface area (Å²) in [5, 5.41) is 1.15. The van der Waals surface area contributed by atoms with Crippen LogP contribution < -0.4 is 5.73 Å². The van der Waals surface area contributed by atoms with E-state index in [-0.39, 0.29) is 11.6 Å². The first-order valence-corrected chi connectivity index (χ1v) is 6.60. The molecule has 0 aliphatic carbocycles. The standard InChI is InChI=1S/C13H17Cl2NO/c1-13(5-2-6-17-13)12(16)8-9-3-4-10(14)11(15)7-9/h3-4,7,12H,2,5-6,8,16H2,1H3. The maximum Gasteiger partial charge on any atom is 0.0808 e. The molecule has 0 spiro atoms. The van der Waals surface area contributed by atoms with Gasteiger partial charge in [-0.2, -0.15) is 0 Å². The summed E-state index contributed by atoms with van der Waals surface area (Å²) in [7, 11) is 0. The van der Waals surface area contributed by atoms with E-state index in [0.29, 0.717) is 10.0 Å². The first-order chi connectivity index (χ1) is 8.01. The number of nitrogens with two attached hydrogens (primary N) is 1. The number of hydrogen-bond donors (Lipinski definition) is 1. The summed E-state index contributed by atoms with van der Waals surface area (Å²) in [5.74, 6) is 0. The van der Waals surface area contributed by atoms with Gasteiger partial charge in [-0.25, -0.2) is 0 Å². The molecule has 2 N–H and O–H groups in total. The zero-order valence-electron chi connectivity index (χ0n) is 9.88. The fourth-order valence-corrected chi connectivity index (χ4v) is 2.55. The van der Waals surface area contributed by atoms with Gasteiger partial charge in [0.15, 0.2) is 0 Å². The van der Waals surface area contributed by atoms with Crippen LogP contribution in [0.2, 0.25) is 10.0 Å². The van der Waals surface area contributed by atoms with Crippen LogP contribution in [0.25, 0.3) is 0 Å². The second kappa shape index (κ2) is 5.15. The molecule has 1 heterocycles. The van der Waals surface area contributed by atoms with Crippen molar-refractivity contribution >= 4 is 23.2 Å². The van der Waals surface area contributed by atoms with Crippen LogP contribution in [0.1, 0.15) is 25.3 Å². The molecule has 2 unspecified atom stereocenters. The largest absolute Gasteiger partial charge is 0.374 e. The van der Waals surface area contributed by atoms with Crippen molar-refractivity contribution in [2.45, 2.75) is 37.8 Å². The van der Waals surface area contributed by atoms with Crippen LogP contribution in [0.3, 0.4) is 0 Å². The molecule has 2 atom stereocenters. The van der Waals surface area contributed by atoms with Crippen LogP contribution in [0, 0.1) is 0 Å². The van der Waals surface area contributed by atoms with E-state index in [9.17, 15) is 0 Å². The van der Waals surface area contributed by atoms with Crippen molar-refractivity contribution in [1.29, 1.82) is 0 Å². The van der Waals surface area contributed by atoms with Gasteiger partial charge in [0.2, 0.25) is 0 Å². The Balaban J connectivity index is 2.07. The van der Waals surface area contributed by atoms with Crippen molar-refractivity contribution in [2.24, 2.45) is 5.73 Å². The second-order valence-electron chi connectivity index (χ2n) is 4.82. The molecule has 0 radical (unpaired) electrons. The summed E-state index contributed by atoms with van der Waals surface area (Å²) in [6, 6.07) is 5.64. The highest BCUT2D eigenvalue weighted by Crippen LogP contribution is 2.30. The van der Waals surface area contributed by atoms with Crippen LogP contribution in [0.15, 0.2) is 18.2 Å². The molecule has 4 heteroatoms. The predicted octanol–water partition coefficient (Wildman–Crippen LogP) is 3.43. The summed E-state index contributed by atoms with van der Waals surface area (Å²) in [4.78, 5) is 0. The van der Waals surface area contributed by atoms with Gasteiger partial charge in [0.05, 0.1) is 15.6 Å². The molecule has 2 nitrogen and oxygen atoms in total. The minimum atomic E-state index is -0.202. The monoisotopic (exact) mass is 273 g/mol. The Bertz CT molecular complexity index is 402. The van der Waals surface area contributed by atoms with Gasteiger partial charge in [0.25, 0.3) is 0 Å². The molecule has 1 aliphatic heterocycles. The molecule has 1 aromatic carbocycles. The molecule has 1 aromatic rings. The van der Waals surface area contributed by atoms with Gasteiger partial charge >= 0.3 is 0 Å². The number of ether oxygens (including phenoxy) is 1. The van der Waals surface area contributed by atoms with Crippen molar-refractivity contribution in [2.75, 3.05) is 6.61 Å². The van der Waals surface area contributed by atoms with Gasteiger partial charge in [-0.3, -0.25) is 0 Å². The van der Waals surface area contributed by atoms with Gasteiger partial charge in [-0.05, 0) is 43.9 Å². The first-order valence-electron chi connectivity index (χ1n) is 5.85. The predicted molar refractivity (Wildman–Crippen MR) is 71.7 cm³/mol. The lowest BCUT2D eigenvalue weighted by Gasteiger charge is -2.30. The number of halogens is 2. The molecule has 1 saturated heterocycles. The second-order valence-corrected chi connectivity index (χ2v) is 5.64. The number of benzene rings is 1. The van der Waals surface area contributed by atoms with Crippen LogP contribution in [0.4, 0.5) is 0 Å². The quantitative estimate of drug-likeness (QED) is 0.916. The Morgan fingerprint density at radius 1 is 1.41 bits per heavy atom. The Hall–Kier alpha value is -0.280. The summed E-state index contributed by atoms with van der Waals surface area (Å²) in [6.45, 7) is 2.90. The van der Waals surface area contributed by atoms with E-state index in [2.05, 4.69) is 6.92 Å². The fraction of sp³-hybridized carbons (Fsp3) is 0.538. The van der Waals surface area contributed by atoms with E-state index in [1.54, 1.807) is 0 Å². The molecule has 2 rings (SSSR count). The van der Waals surface area contributed by atoms with E-state index >= 15 is 0 Å². The summed E-state index contributed by atoms with van der Waals surface area (Å²) >= 11 is 11.9. The first kappa shape index (κ1) is 13.2. The number of rotatable bonds is 3. The normalized spacial score (nSPS) is 26.1. The van der Waals surface area contributed by atoms with Gasteiger partial charge in [-0.15, -0.1) is 0 Å². The van der Waals surface area contributed by atoms with E-state index < -0.39 is 0 Å². The lowest BCUT2D eigenvalue weighted by atomic mass is 9.89. The SMILES string of the molecule is CC1(C(N)Cc2ccc(Cl)c(Cl)c2)CCCO1. The van der Waals surface area contributed by atoms with E-state index in [1.165, 1.54) is 0 Å². The highest BCUT2D eigenvalue weighted by Gasteiger charge is 2.36. The van der Waals surface area contributed by atoms with Crippen LogP contribution >= 0.6 is 23.2 Å². The third-order valence-electron chi connectivity index (χ3n) is 3.47. The van der Waals surface area contributed by atoms with E-state index in [1.807, 2.05) is 18.2 Å². The Kier molecular flexibility index (Phi) is 3.99. The molecular formula is C13H17Cl2NO. The highest BCUT2D eigenvalue weighted by molar-refractivity contribution is 6.42. The maximum absolute atomic E-state index is 6.23. The molecule has 0 aromatic heterocycles. The fourth-order valence-electron chi connectivity index (χ4n) is 2.23. The van der Waals surface area contributed by atoms with Crippen LogP contribution in [0.5, 0.6) is 0 Å². The summed E-state index contributed by atoms with van der Waals surface area (Å²) < 4.78 is 5.74. The zero-order valence-corrected chi connectivity index (χ0v) is 11.4. The van der Waals surface area contributed by atoms with Crippen molar-refractivity contribution in [3.8, 4) is 0 Å². The third-order valence-corrected chi connectivity index (χ3v) is 4.21. The lowest BCUT2D eigenvalue weighted by Crippen LogP contribution is -2.46. The Morgan fingerprint density at radius 3 is 2.76 bits per heavy atom. The summed E-state index contributed by atoms with van der Waals surface area (Å²) in [6.07, 6.45) is 2.87. The molecule has 0 saturated carbocycles. The van der Waals surface area contributed by atoms with Crippen molar-refractivity contribution in [3.05, 3.63) is 33.8 Å². The van der Waals surface area contributed by atoms with Crippen LogP contribution in [-0.4, -0.2) is 18.2 Å². The molecule has 0 bridgehead atoms. The van der Waals surface area contributed by atoms with E-state index in [0.717, 1.165) is 31.4 Å². The molecule has 1 fully saturated rings.